The Morgan fingerprint density at radius 2 is 1.82 bits per heavy atom. The summed E-state index contributed by atoms with van der Waals surface area (Å²) in [6.45, 7) is 3.94. The SMILES string of the molecule is Cc1cc(C(=O)c2ccc(Cl)c(Cl)c2)c(C)s1. The van der Waals surface area contributed by atoms with Crippen molar-refractivity contribution in [3.05, 3.63) is 55.2 Å². The number of halogens is 2. The molecule has 17 heavy (non-hydrogen) atoms. The minimum Gasteiger partial charge on any atom is -0.289 e. The van der Waals surface area contributed by atoms with Crippen molar-refractivity contribution in [1.82, 2.24) is 0 Å². The summed E-state index contributed by atoms with van der Waals surface area (Å²) in [5.41, 5.74) is 1.31. The Morgan fingerprint density at radius 3 is 2.35 bits per heavy atom. The third-order valence-corrected chi connectivity index (χ3v) is 4.17. The fourth-order valence-electron chi connectivity index (χ4n) is 1.65. The van der Waals surface area contributed by atoms with Crippen molar-refractivity contribution in [2.24, 2.45) is 0 Å². The van der Waals surface area contributed by atoms with Gasteiger partial charge in [-0.15, -0.1) is 11.3 Å². The van der Waals surface area contributed by atoms with Gasteiger partial charge in [0.1, 0.15) is 0 Å². The number of hydrogen-bond acceptors (Lipinski definition) is 2. The number of hydrogen-bond donors (Lipinski definition) is 0. The van der Waals surface area contributed by atoms with Crippen LogP contribution in [0.2, 0.25) is 10.0 Å². The Hall–Kier alpha value is -0.830. The molecule has 0 aliphatic heterocycles. The number of thiophene rings is 1. The van der Waals surface area contributed by atoms with E-state index in [9.17, 15) is 4.79 Å². The summed E-state index contributed by atoms with van der Waals surface area (Å²) < 4.78 is 0. The lowest BCUT2D eigenvalue weighted by Crippen LogP contribution is -2.01. The van der Waals surface area contributed by atoms with Crippen LogP contribution in [-0.2, 0) is 0 Å². The minimum absolute atomic E-state index is 0.00887. The van der Waals surface area contributed by atoms with E-state index in [4.69, 9.17) is 23.2 Å². The molecule has 0 fully saturated rings. The van der Waals surface area contributed by atoms with Gasteiger partial charge >= 0.3 is 0 Å². The van der Waals surface area contributed by atoms with Crippen molar-refractivity contribution < 1.29 is 4.79 Å². The minimum atomic E-state index is -0.00887. The van der Waals surface area contributed by atoms with E-state index in [1.54, 1.807) is 29.5 Å². The number of rotatable bonds is 2. The Kier molecular flexibility index (Phi) is 3.57. The standard InChI is InChI=1S/C13H10Cl2OS/c1-7-5-10(8(2)17-7)13(16)9-3-4-11(14)12(15)6-9/h3-6H,1-2H3. The van der Waals surface area contributed by atoms with Crippen LogP contribution in [0.4, 0.5) is 0 Å². The molecule has 0 unspecified atom stereocenters. The van der Waals surface area contributed by atoms with Gasteiger partial charge in [-0.2, -0.15) is 0 Å². The lowest BCUT2D eigenvalue weighted by molar-refractivity contribution is 0.103. The summed E-state index contributed by atoms with van der Waals surface area (Å²) >= 11 is 13.4. The second kappa shape index (κ2) is 4.81. The third kappa shape index (κ3) is 2.54. The highest BCUT2D eigenvalue weighted by molar-refractivity contribution is 7.12. The summed E-state index contributed by atoms with van der Waals surface area (Å²) in [6, 6.07) is 6.86. The molecule has 0 saturated heterocycles. The van der Waals surface area contributed by atoms with Crippen molar-refractivity contribution in [2.45, 2.75) is 13.8 Å². The number of carbonyl (C=O) groups excluding carboxylic acids is 1. The molecule has 0 spiro atoms. The zero-order chi connectivity index (χ0) is 12.6. The van der Waals surface area contributed by atoms with Crippen molar-refractivity contribution in [3.8, 4) is 0 Å². The van der Waals surface area contributed by atoms with Gasteiger partial charge < -0.3 is 0 Å². The molecule has 1 heterocycles. The van der Waals surface area contributed by atoms with Crippen LogP contribution < -0.4 is 0 Å². The van der Waals surface area contributed by atoms with E-state index in [2.05, 4.69) is 0 Å². The second-order valence-corrected chi connectivity index (χ2v) is 6.06. The van der Waals surface area contributed by atoms with Gasteiger partial charge in [0.05, 0.1) is 10.0 Å². The van der Waals surface area contributed by atoms with Crippen LogP contribution in [0.3, 0.4) is 0 Å². The van der Waals surface area contributed by atoms with Gasteiger partial charge in [-0.3, -0.25) is 4.79 Å². The Labute approximate surface area is 114 Å². The molecule has 1 aromatic carbocycles. The molecule has 0 saturated carbocycles. The summed E-state index contributed by atoms with van der Waals surface area (Å²) in [7, 11) is 0. The Bertz CT molecular complexity index is 587. The smallest absolute Gasteiger partial charge is 0.194 e. The van der Waals surface area contributed by atoms with Crippen LogP contribution in [-0.4, -0.2) is 5.78 Å². The first-order chi connectivity index (χ1) is 7.99. The van der Waals surface area contributed by atoms with Crippen molar-refractivity contribution >= 4 is 40.3 Å². The first-order valence-electron chi connectivity index (χ1n) is 5.06. The van der Waals surface area contributed by atoms with Gasteiger partial charge in [-0.1, -0.05) is 23.2 Å². The maximum atomic E-state index is 12.2. The predicted molar refractivity (Wildman–Crippen MR) is 73.7 cm³/mol. The van der Waals surface area contributed by atoms with Crippen molar-refractivity contribution in [3.63, 3.8) is 0 Å². The molecule has 1 aromatic heterocycles. The summed E-state index contributed by atoms with van der Waals surface area (Å²) in [6.07, 6.45) is 0. The van der Waals surface area contributed by atoms with E-state index in [0.717, 1.165) is 15.3 Å². The molecular weight excluding hydrogens is 275 g/mol. The van der Waals surface area contributed by atoms with Gasteiger partial charge in [-0.05, 0) is 38.1 Å². The summed E-state index contributed by atoms with van der Waals surface area (Å²) in [5, 5.41) is 0.864. The molecule has 2 rings (SSSR count). The third-order valence-electron chi connectivity index (χ3n) is 2.47. The normalized spacial score (nSPS) is 10.6. The van der Waals surface area contributed by atoms with Crippen molar-refractivity contribution in [1.29, 1.82) is 0 Å². The topological polar surface area (TPSA) is 17.1 Å². The zero-order valence-corrected chi connectivity index (χ0v) is 11.7. The molecule has 0 N–H and O–H groups in total. The van der Waals surface area contributed by atoms with Gasteiger partial charge in [0, 0.05) is 20.9 Å². The van der Waals surface area contributed by atoms with E-state index in [0.29, 0.717) is 15.6 Å². The van der Waals surface area contributed by atoms with Crippen molar-refractivity contribution in [2.75, 3.05) is 0 Å². The molecule has 0 radical (unpaired) electrons. The molecule has 0 bridgehead atoms. The van der Waals surface area contributed by atoms with E-state index in [1.165, 1.54) is 0 Å². The van der Waals surface area contributed by atoms with Crippen LogP contribution in [0.5, 0.6) is 0 Å². The van der Waals surface area contributed by atoms with Crippen LogP contribution >= 0.6 is 34.5 Å². The lowest BCUT2D eigenvalue weighted by Gasteiger charge is -2.02. The first-order valence-corrected chi connectivity index (χ1v) is 6.63. The number of carbonyl (C=O) groups is 1. The largest absolute Gasteiger partial charge is 0.289 e. The fraction of sp³-hybridized carbons (Fsp3) is 0.154. The highest BCUT2D eigenvalue weighted by Crippen LogP contribution is 2.27. The Morgan fingerprint density at radius 1 is 1.12 bits per heavy atom. The molecule has 1 nitrogen and oxygen atoms in total. The van der Waals surface area contributed by atoms with E-state index >= 15 is 0 Å². The number of aryl methyl sites for hydroxylation is 2. The maximum Gasteiger partial charge on any atom is 0.194 e. The number of benzene rings is 1. The molecule has 88 valence electrons. The average molecular weight is 285 g/mol. The van der Waals surface area contributed by atoms with Gasteiger partial charge in [0.15, 0.2) is 5.78 Å². The summed E-state index contributed by atoms with van der Waals surface area (Å²) in [4.78, 5) is 14.4. The monoisotopic (exact) mass is 284 g/mol. The van der Waals surface area contributed by atoms with E-state index in [1.807, 2.05) is 19.9 Å². The van der Waals surface area contributed by atoms with Gasteiger partial charge in [0.25, 0.3) is 0 Å². The van der Waals surface area contributed by atoms with Gasteiger partial charge in [0.2, 0.25) is 0 Å². The highest BCUT2D eigenvalue weighted by Gasteiger charge is 2.15. The predicted octanol–water partition coefficient (Wildman–Crippen LogP) is 4.90. The van der Waals surface area contributed by atoms with Crippen LogP contribution in [0.25, 0.3) is 0 Å². The Balaban J connectivity index is 2.44. The molecule has 0 aliphatic rings. The van der Waals surface area contributed by atoms with Crippen LogP contribution in [0.1, 0.15) is 25.7 Å². The maximum absolute atomic E-state index is 12.2. The van der Waals surface area contributed by atoms with E-state index < -0.39 is 0 Å². The summed E-state index contributed by atoms with van der Waals surface area (Å²) in [5.74, 6) is -0.00887. The lowest BCUT2D eigenvalue weighted by atomic mass is 10.0. The molecule has 2 aromatic rings. The molecule has 0 atom stereocenters. The zero-order valence-electron chi connectivity index (χ0n) is 9.38. The first kappa shape index (κ1) is 12.6. The van der Waals surface area contributed by atoms with Gasteiger partial charge in [-0.25, -0.2) is 0 Å². The molecule has 0 amide bonds. The highest BCUT2D eigenvalue weighted by atomic mass is 35.5. The van der Waals surface area contributed by atoms with Crippen LogP contribution in [0.15, 0.2) is 24.3 Å². The van der Waals surface area contributed by atoms with E-state index in [-0.39, 0.29) is 5.78 Å². The van der Waals surface area contributed by atoms with Crippen LogP contribution in [0, 0.1) is 13.8 Å². The molecule has 0 aliphatic carbocycles. The molecular formula is C13H10Cl2OS. The fourth-order valence-corrected chi connectivity index (χ4v) is 2.87. The number of ketones is 1. The second-order valence-electron chi connectivity index (χ2n) is 3.78. The quantitative estimate of drug-likeness (QED) is 0.717. The molecule has 4 heteroatoms. The average Bonchev–Trinajstić information content (AvgIpc) is 2.61.